The number of halogens is 4. The number of fused-ring (bicyclic) bond motifs is 1. The lowest BCUT2D eigenvalue weighted by atomic mass is 10.3. The number of nitrogens with one attached hydrogen (secondary N) is 2. The number of nitrogens with zero attached hydrogens (tertiary/aromatic N) is 4. The fourth-order valence-electron chi connectivity index (χ4n) is 1.93. The highest BCUT2D eigenvalue weighted by atomic mass is 35.5. The predicted molar refractivity (Wildman–Crippen MR) is 85.8 cm³/mol. The fourth-order valence-corrected chi connectivity index (χ4v) is 2.88. The number of carbonyl (C=O) groups excluding carboxylic acids is 1. The van der Waals surface area contributed by atoms with E-state index < -0.39 is 18.0 Å². The Labute approximate surface area is 147 Å². The van der Waals surface area contributed by atoms with Gasteiger partial charge in [0, 0.05) is 23.7 Å². The van der Waals surface area contributed by atoms with Crippen LogP contribution in [0.1, 0.15) is 10.8 Å². The summed E-state index contributed by atoms with van der Waals surface area (Å²) in [4.78, 5) is 11.8. The summed E-state index contributed by atoms with van der Waals surface area (Å²) < 4.78 is 38.8. The smallest absolute Gasteiger partial charge is 0.337 e. The number of amides is 2. The Balaban J connectivity index is 1.55. The van der Waals surface area contributed by atoms with Crippen LogP contribution in [-0.4, -0.2) is 32.4 Å². The number of anilines is 1. The largest absolute Gasteiger partial charge is 0.453 e. The molecule has 2 heterocycles. The molecule has 2 N–H and O–H groups in total. The van der Waals surface area contributed by atoms with E-state index in [1.807, 2.05) is 0 Å². The van der Waals surface area contributed by atoms with E-state index in [2.05, 4.69) is 25.9 Å². The van der Waals surface area contributed by atoms with Crippen molar-refractivity contribution in [1.82, 2.24) is 25.1 Å². The monoisotopic (exact) mass is 390 g/mol. The second-order valence-corrected chi connectivity index (χ2v) is 6.33. The Kier molecular flexibility index (Phi) is 4.77. The van der Waals surface area contributed by atoms with Crippen LogP contribution in [0, 0.1) is 0 Å². The molecule has 25 heavy (non-hydrogen) atoms. The third-order valence-corrected chi connectivity index (χ3v) is 4.22. The van der Waals surface area contributed by atoms with E-state index in [-0.39, 0.29) is 17.9 Å². The van der Waals surface area contributed by atoms with Gasteiger partial charge in [0.2, 0.25) is 4.96 Å². The topological polar surface area (TPSA) is 84.2 Å². The number of rotatable bonds is 4. The average Bonchev–Trinajstić information content (AvgIpc) is 3.08. The molecule has 1 aromatic carbocycles. The Morgan fingerprint density at radius 2 is 1.96 bits per heavy atom. The number of alkyl halides is 3. The van der Waals surface area contributed by atoms with E-state index in [4.69, 9.17) is 11.6 Å². The van der Waals surface area contributed by atoms with Gasteiger partial charge in [0.05, 0.1) is 0 Å². The molecular formula is C13H10ClF3N6OS. The van der Waals surface area contributed by atoms with Crippen molar-refractivity contribution in [1.29, 1.82) is 0 Å². The molecule has 3 aromatic rings. The van der Waals surface area contributed by atoms with Crippen molar-refractivity contribution in [2.24, 2.45) is 0 Å². The van der Waals surface area contributed by atoms with Crippen molar-refractivity contribution >= 4 is 39.6 Å². The van der Waals surface area contributed by atoms with Crippen molar-refractivity contribution in [2.75, 3.05) is 11.9 Å². The first-order chi connectivity index (χ1) is 11.8. The lowest BCUT2D eigenvalue weighted by Gasteiger charge is -2.06. The van der Waals surface area contributed by atoms with Gasteiger partial charge in [-0.15, -0.1) is 10.2 Å². The Bertz CT molecular complexity index is 891. The first-order valence-corrected chi connectivity index (χ1v) is 8.11. The molecule has 0 fully saturated rings. The van der Waals surface area contributed by atoms with Gasteiger partial charge >= 0.3 is 12.2 Å². The van der Waals surface area contributed by atoms with Gasteiger partial charge in [-0.25, -0.2) is 4.79 Å². The van der Waals surface area contributed by atoms with E-state index in [0.717, 1.165) is 11.3 Å². The molecule has 132 valence electrons. The number of hydrogen-bond acceptors (Lipinski definition) is 5. The van der Waals surface area contributed by atoms with Crippen LogP contribution in [0.25, 0.3) is 4.96 Å². The van der Waals surface area contributed by atoms with Crippen LogP contribution in [0.3, 0.4) is 0 Å². The summed E-state index contributed by atoms with van der Waals surface area (Å²) in [7, 11) is 0. The van der Waals surface area contributed by atoms with E-state index in [1.54, 1.807) is 24.3 Å². The van der Waals surface area contributed by atoms with Gasteiger partial charge < -0.3 is 10.6 Å². The lowest BCUT2D eigenvalue weighted by Crippen LogP contribution is -2.30. The molecule has 0 atom stereocenters. The minimum atomic E-state index is -4.62. The Hall–Kier alpha value is -2.40. The minimum absolute atomic E-state index is 0.0490. The molecule has 2 amide bonds. The zero-order valence-corrected chi connectivity index (χ0v) is 13.9. The standard InChI is InChI=1S/C13H10ClF3N6OS/c14-7-1-3-8(4-2-7)19-11(24)18-6-5-9-22-23-10(13(15,16)17)20-21-12(23)25-9/h1-4H,5-6H2,(H2,18,19,24). The first kappa shape index (κ1) is 17.4. The van der Waals surface area contributed by atoms with Crippen molar-refractivity contribution in [3.8, 4) is 0 Å². The summed E-state index contributed by atoms with van der Waals surface area (Å²) in [6, 6.07) is 6.11. The van der Waals surface area contributed by atoms with Crippen LogP contribution in [0.15, 0.2) is 24.3 Å². The summed E-state index contributed by atoms with van der Waals surface area (Å²) in [5.41, 5.74) is 0.565. The van der Waals surface area contributed by atoms with Gasteiger partial charge in [-0.3, -0.25) is 0 Å². The Morgan fingerprint density at radius 3 is 2.64 bits per heavy atom. The molecule has 0 saturated carbocycles. The molecule has 0 aliphatic carbocycles. The summed E-state index contributed by atoms with van der Waals surface area (Å²) in [6.07, 6.45) is -4.36. The van der Waals surface area contributed by atoms with Crippen LogP contribution in [0.2, 0.25) is 5.02 Å². The number of aromatic nitrogens is 4. The second kappa shape index (κ2) is 6.84. The summed E-state index contributed by atoms with van der Waals surface area (Å²) in [6.45, 7) is 0.199. The highest BCUT2D eigenvalue weighted by molar-refractivity contribution is 7.16. The van der Waals surface area contributed by atoms with Crippen molar-refractivity contribution in [3.05, 3.63) is 40.1 Å². The molecule has 0 saturated heterocycles. The molecule has 0 aliphatic heterocycles. The molecule has 2 aromatic heterocycles. The molecule has 0 unspecified atom stereocenters. The molecule has 12 heteroatoms. The molecule has 0 aliphatic rings. The first-order valence-electron chi connectivity index (χ1n) is 6.91. The average molecular weight is 391 g/mol. The van der Waals surface area contributed by atoms with E-state index in [1.165, 1.54) is 0 Å². The fraction of sp³-hybridized carbons (Fsp3) is 0.231. The van der Waals surface area contributed by atoms with Gasteiger partial charge in [-0.1, -0.05) is 22.9 Å². The Morgan fingerprint density at radius 1 is 1.24 bits per heavy atom. The molecule has 0 spiro atoms. The molecule has 3 rings (SSSR count). The highest BCUT2D eigenvalue weighted by Gasteiger charge is 2.38. The van der Waals surface area contributed by atoms with Crippen molar-refractivity contribution < 1.29 is 18.0 Å². The number of carbonyl (C=O) groups is 1. The zero-order valence-electron chi connectivity index (χ0n) is 12.3. The quantitative estimate of drug-likeness (QED) is 0.716. The van der Waals surface area contributed by atoms with Crippen LogP contribution >= 0.6 is 22.9 Å². The molecule has 7 nitrogen and oxygen atoms in total. The molecular weight excluding hydrogens is 381 g/mol. The van der Waals surface area contributed by atoms with Gasteiger partial charge in [-0.2, -0.15) is 22.8 Å². The maximum Gasteiger partial charge on any atom is 0.453 e. The van der Waals surface area contributed by atoms with Gasteiger partial charge in [0.15, 0.2) is 0 Å². The predicted octanol–water partition coefficient (Wildman–Crippen LogP) is 3.22. The summed E-state index contributed by atoms with van der Waals surface area (Å²) in [5.74, 6) is -1.17. The van der Waals surface area contributed by atoms with Gasteiger partial charge in [-0.05, 0) is 24.3 Å². The van der Waals surface area contributed by atoms with E-state index in [9.17, 15) is 18.0 Å². The number of hydrogen-bond donors (Lipinski definition) is 2. The van der Waals surface area contributed by atoms with Crippen molar-refractivity contribution in [3.63, 3.8) is 0 Å². The summed E-state index contributed by atoms with van der Waals surface area (Å²) in [5, 5.41) is 16.5. The van der Waals surface area contributed by atoms with Gasteiger partial charge in [0.25, 0.3) is 5.82 Å². The summed E-state index contributed by atoms with van der Waals surface area (Å²) >= 11 is 6.73. The van der Waals surface area contributed by atoms with E-state index >= 15 is 0 Å². The zero-order chi connectivity index (χ0) is 18.0. The van der Waals surface area contributed by atoms with Crippen LogP contribution in [-0.2, 0) is 12.6 Å². The maximum atomic E-state index is 12.7. The number of benzene rings is 1. The van der Waals surface area contributed by atoms with E-state index in [0.29, 0.717) is 20.2 Å². The molecule has 0 radical (unpaired) electrons. The van der Waals surface area contributed by atoms with Crippen molar-refractivity contribution in [2.45, 2.75) is 12.6 Å². The van der Waals surface area contributed by atoms with Crippen LogP contribution in [0.5, 0.6) is 0 Å². The normalized spacial score (nSPS) is 11.7. The van der Waals surface area contributed by atoms with Crippen LogP contribution < -0.4 is 10.6 Å². The number of urea groups is 1. The third-order valence-electron chi connectivity index (χ3n) is 3.01. The van der Waals surface area contributed by atoms with Crippen LogP contribution in [0.4, 0.5) is 23.7 Å². The second-order valence-electron chi connectivity index (χ2n) is 4.85. The lowest BCUT2D eigenvalue weighted by molar-refractivity contribution is -0.146. The van der Waals surface area contributed by atoms with Gasteiger partial charge in [0.1, 0.15) is 5.01 Å². The molecule has 0 bridgehead atoms. The minimum Gasteiger partial charge on any atom is -0.337 e. The maximum absolute atomic E-state index is 12.7. The highest BCUT2D eigenvalue weighted by Crippen LogP contribution is 2.28. The SMILES string of the molecule is O=C(NCCc1nn2c(C(F)(F)F)nnc2s1)Nc1ccc(Cl)cc1. The third kappa shape index (κ3) is 4.17.